The average Bonchev–Trinajstić information content (AvgIpc) is 3.08. The molecule has 5 rings (SSSR count). The molecule has 0 amide bonds. The van der Waals surface area contributed by atoms with Crippen molar-refractivity contribution in [3.05, 3.63) is 107 Å². The zero-order valence-electron chi connectivity index (χ0n) is 33.4. The van der Waals surface area contributed by atoms with E-state index in [1.807, 2.05) is 0 Å². The van der Waals surface area contributed by atoms with Crippen molar-refractivity contribution in [1.29, 1.82) is 0 Å². The third kappa shape index (κ3) is 9.57. The van der Waals surface area contributed by atoms with E-state index in [1.165, 1.54) is 59.4 Å². The van der Waals surface area contributed by atoms with Gasteiger partial charge in [0.15, 0.2) is 0 Å². The van der Waals surface area contributed by atoms with Gasteiger partial charge >= 0.3 is 0 Å². The molecule has 0 heterocycles. The Balaban J connectivity index is 1.44. The van der Waals surface area contributed by atoms with Crippen LogP contribution in [-0.2, 0) is 22.3 Å². The second-order valence-corrected chi connectivity index (χ2v) is 27.0. The van der Waals surface area contributed by atoms with E-state index in [4.69, 9.17) is 0 Å². The molecule has 0 aromatic heterocycles. The van der Waals surface area contributed by atoms with Gasteiger partial charge in [-0.25, -0.2) is 0 Å². The van der Waals surface area contributed by atoms with Crippen LogP contribution in [0.4, 0.5) is 0 Å². The molecular formula is C46H64O2S4. The maximum absolute atomic E-state index is 12.0. The summed E-state index contributed by atoms with van der Waals surface area (Å²) in [7, 11) is -2.83. The van der Waals surface area contributed by atoms with Crippen LogP contribution in [0.3, 0.4) is 0 Å². The maximum Gasteiger partial charge on any atom is 0.131 e. The third-order valence-corrected chi connectivity index (χ3v) is 19.7. The Bertz CT molecular complexity index is 1650. The van der Waals surface area contributed by atoms with Gasteiger partial charge in [0.05, 0.1) is 0 Å². The molecule has 0 unspecified atom stereocenters. The van der Waals surface area contributed by atoms with Gasteiger partial charge in [0.2, 0.25) is 0 Å². The number of thioether (sulfide) groups is 2. The molecule has 0 radical (unpaired) electrons. The molecule has 284 valence electrons. The molecule has 2 nitrogen and oxygen atoms in total. The molecule has 1 aliphatic carbocycles. The van der Waals surface area contributed by atoms with Gasteiger partial charge in [-0.2, -0.15) is 43.6 Å². The lowest BCUT2D eigenvalue weighted by molar-refractivity contribution is 0.454. The molecule has 1 saturated carbocycles. The Morgan fingerprint density at radius 3 is 1.21 bits per heavy atom. The highest BCUT2D eigenvalue weighted by Crippen LogP contribution is 2.62. The summed E-state index contributed by atoms with van der Waals surface area (Å²) in [5.74, 6) is 2.58. The van der Waals surface area contributed by atoms with Crippen LogP contribution >= 0.6 is 43.6 Å². The Morgan fingerprint density at radius 1 is 0.538 bits per heavy atom. The third-order valence-electron chi connectivity index (χ3n) is 10.9. The molecule has 6 heteroatoms. The number of hydrogen-bond acceptors (Lipinski definition) is 4. The minimum absolute atomic E-state index is 0.0219. The van der Waals surface area contributed by atoms with E-state index in [0.717, 1.165) is 32.4 Å². The molecule has 4 aromatic carbocycles. The number of benzene rings is 4. The van der Waals surface area contributed by atoms with Gasteiger partial charge in [-0.3, -0.25) is 0 Å². The molecule has 0 bridgehead atoms. The minimum atomic E-state index is -1.41. The van der Waals surface area contributed by atoms with Crippen LogP contribution in [0.2, 0.25) is 0 Å². The number of phenols is 2. The van der Waals surface area contributed by atoms with Crippen molar-refractivity contribution >= 4 is 43.6 Å². The van der Waals surface area contributed by atoms with Crippen LogP contribution in [0.1, 0.15) is 102 Å². The van der Waals surface area contributed by atoms with Crippen molar-refractivity contribution in [2.75, 3.05) is 25.0 Å². The van der Waals surface area contributed by atoms with Crippen LogP contribution in [0, 0.1) is 0 Å². The van der Waals surface area contributed by atoms with Crippen molar-refractivity contribution < 1.29 is 10.2 Å². The fourth-order valence-electron chi connectivity index (χ4n) is 7.16. The highest BCUT2D eigenvalue weighted by atomic mass is 32.3. The van der Waals surface area contributed by atoms with E-state index in [2.05, 4.69) is 175 Å². The summed E-state index contributed by atoms with van der Waals surface area (Å²) >= 11 is 4.10. The molecule has 0 saturated heterocycles. The zero-order valence-corrected chi connectivity index (χ0v) is 36.7. The summed E-state index contributed by atoms with van der Waals surface area (Å²) in [5.41, 5.74) is 4.68. The van der Waals surface area contributed by atoms with Crippen LogP contribution < -0.4 is 0 Å². The number of rotatable bonds is 10. The number of hydrogen-bond donors (Lipinski definition) is 2. The van der Waals surface area contributed by atoms with Gasteiger partial charge in [0.1, 0.15) is 11.5 Å². The van der Waals surface area contributed by atoms with E-state index in [9.17, 15) is 10.2 Å². The van der Waals surface area contributed by atoms with Crippen molar-refractivity contribution in [3.63, 3.8) is 0 Å². The summed E-state index contributed by atoms with van der Waals surface area (Å²) in [5, 5.41) is 25.0. The quantitative estimate of drug-likeness (QED) is 0.168. The normalized spacial score (nSPS) is 18.4. The predicted octanol–water partition coefficient (Wildman–Crippen LogP) is 13.9. The lowest BCUT2D eigenvalue weighted by Gasteiger charge is -2.36. The zero-order chi connectivity index (χ0) is 37.9. The molecule has 1 fully saturated rings. The summed E-state index contributed by atoms with van der Waals surface area (Å²) in [4.78, 5) is 4.77. The Labute approximate surface area is 328 Å². The number of phenolic OH excluding ortho intramolecular Hbond substituents is 2. The molecule has 1 aliphatic rings. The van der Waals surface area contributed by atoms with E-state index < -0.39 is 20.1 Å². The van der Waals surface area contributed by atoms with E-state index in [1.54, 1.807) is 0 Å². The molecule has 2 N–H and O–H groups in total. The summed E-state index contributed by atoms with van der Waals surface area (Å²) in [6.45, 7) is 13.7. The fraction of sp³-hybridized carbons (Fsp3) is 0.478. The van der Waals surface area contributed by atoms with Gasteiger partial charge in [0, 0.05) is 42.9 Å². The van der Waals surface area contributed by atoms with Gasteiger partial charge < -0.3 is 10.2 Å². The fourth-order valence-corrected chi connectivity index (χ4v) is 14.5. The topological polar surface area (TPSA) is 40.5 Å². The monoisotopic (exact) mass is 776 g/mol. The highest BCUT2D eigenvalue weighted by Gasteiger charge is 2.31. The van der Waals surface area contributed by atoms with Crippen LogP contribution in [0.15, 0.2) is 105 Å². The maximum atomic E-state index is 12.0. The summed E-state index contributed by atoms with van der Waals surface area (Å²) in [6, 6.07) is 30.6. The van der Waals surface area contributed by atoms with E-state index >= 15 is 0 Å². The van der Waals surface area contributed by atoms with Gasteiger partial charge in [-0.15, -0.1) is 0 Å². The highest BCUT2D eigenvalue weighted by molar-refractivity contribution is 8.33. The van der Waals surface area contributed by atoms with Gasteiger partial charge in [0.25, 0.3) is 0 Å². The van der Waals surface area contributed by atoms with Crippen LogP contribution in [0.5, 0.6) is 11.5 Å². The number of aromatic hydroxyl groups is 2. The summed E-state index contributed by atoms with van der Waals surface area (Å²) < 4.78 is 0. The molecule has 52 heavy (non-hydrogen) atoms. The first kappa shape index (κ1) is 41.1. The lowest BCUT2D eigenvalue weighted by atomic mass is 9.86. The molecule has 0 spiro atoms. The Kier molecular flexibility index (Phi) is 13.2. The average molecular weight is 777 g/mol. The van der Waals surface area contributed by atoms with Gasteiger partial charge in [-0.1, -0.05) is 116 Å². The van der Waals surface area contributed by atoms with E-state index in [-0.39, 0.29) is 10.8 Å². The molecule has 2 atom stereocenters. The Hall–Kier alpha value is -2.12. The second kappa shape index (κ2) is 16.7. The largest absolute Gasteiger partial charge is 0.507 e. The lowest BCUT2D eigenvalue weighted by Crippen LogP contribution is -2.22. The predicted molar refractivity (Wildman–Crippen MR) is 236 cm³/mol. The van der Waals surface area contributed by atoms with Crippen LogP contribution in [-0.4, -0.2) is 45.7 Å². The second-order valence-electron chi connectivity index (χ2n) is 17.4. The van der Waals surface area contributed by atoms with Crippen LogP contribution in [0.25, 0.3) is 0 Å². The van der Waals surface area contributed by atoms with Crippen molar-refractivity contribution in [3.8, 4) is 11.5 Å². The van der Waals surface area contributed by atoms with Crippen molar-refractivity contribution in [2.45, 2.75) is 132 Å². The summed E-state index contributed by atoms with van der Waals surface area (Å²) in [6.07, 6.45) is 16.8. The first-order chi connectivity index (χ1) is 24.4. The first-order valence-electron chi connectivity index (χ1n) is 18.9. The smallest absolute Gasteiger partial charge is 0.131 e. The molecule has 0 aliphatic heterocycles. The first-order valence-corrected chi connectivity index (χ1v) is 25.9. The SMILES string of the molecule is CC(C)(C)c1cc(CS[C@H]2CCCCCC[C@@H]2SCc2cc(C(C)(C)C)cc(S(C)(C)c3ccccc3)c2O)c(O)c(S(C)(C)c2ccccc2)c1. The minimum Gasteiger partial charge on any atom is -0.507 e. The standard InChI is InChI=1S/C46H64O2S4/c1-45(2,3)35-27-33(43(47)41(29-35)51(7,8)37-21-15-13-16-22-37)31-49-39-25-19-11-12-20-26-40(39)50-32-34-28-36(46(4,5)6)30-42(44(34)48)52(9,10)38-23-17-14-18-24-38/h13-18,21-24,27-30,39-40,47-48H,11-12,19-20,25-26,31-32H2,1-10H3/t39-,40-/m0/s1. The molecule has 4 aromatic rings. The van der Waals surface area contributed by atoms with E-state index in [0.29, 0.717) is 22.0 Å². The van der Waals surface area contributed by atoms with Gasteiger partial charge in [-0.05, 0) is 106 Å². The molecular weight excluding hydrogens is 713 g/mol. The Morgan fingerprint density at radius 2 is 0.885 bits per heavy atom. The van der Waals surface area contributed by atoms with Crippen molar-refractivity contribution in [2.24, 2.45) is 0 Å². The van der Waals surface area contributed by atoms with Crippen molar-refractivity contribution in [1.82, 2.24) is 0 Å².